The smallest absolute Gasteiger partial charge is 0.313 e. The Bertz CT molecular complexity index is 779. The van der Waals surface area contributed by atoms with E-state index in [0.29, 0.717) is 0 Å². The summed E-state index contributed by atoms with van der Waals surface area (Å²) in [5.74, 6) is -2.85. The van der Waals surface area contributed by atoms with Gasteiger partial charge in [0.1, 0.15) is 11.4 Å². The van der Waals surface area contributed by atoms with Gasteiger partial charge in [-0.25, -0.2) is 9.45 Å². The number of hydroxylamine groups is 2. The summed E-state index contributed by atoms with van der Waals surface area (Å²) in [5, 5.41) is 20.4. The van der Waals surface area contributed by atoms with Gasteiger partial charge in [0.2, 0.25) is 5.78 Å². The second kappa shape index (κ2) is 6.77. The van der Waals surface area contributed by atoms with E-state index in [4.69, 9.17) is 10.9 Å². The van der Waals surface area contributed by atoms with E-state index in [1.54, 1.807) is 12.1 Å². The first-order valence-corrected chi connectivity index (χ1v) is 7.09. The highest BCUT2D eigenvalue weighted by Crippen LogP contribution is 2.36. The summed E-state index contributed by atoms with van der Waals surface area (Å²) in [6.45, 7) is 0. The molecule has 2 aromatic carbocycles. The van der Waals surface area contributed by atoms with Crippen LogP contribution in [0.1, 0.15) is 17.5 Å². The minimum atomic E-state index is -2.02. The number of likely N-dealkylation sites (N-methyl/N-ethyl adjacent to an activating group) is 1. The Labute approximate surface area is 137 Å². The Hall–Kier alpha value is -2.77. The number of nitrogen functional groups attached to an aromatic ring is 1. The second-order valence-corrected chi connectivity index (χ2v) is 5.39. The number of benzene rings is 2. The number of carbonyl (C=O) groups excluding carboxylic acids is 2. The van der Waals surface area contributed by atoms with Gasteiger partial charge >= 0.3 is 5.91 Å². The molecule has 0 heterocycles. The summed E-state index contributed by atoms with van der Waals surface area (Å²) in [6, 6.07) is 11.3. The Morgan fingerprint density at radius 2 is 1.88 bits per heavy atom. The number of amides is 1. The highest BCUT2D eigenvalue weighted by atomic mass is 19.1. The zero-order chi connectivity index (χ0) is 17.9. The molecule has 0 aromatic heterocycles. The molecular formula is C17H17FN2O4. The molecule has 0 aliphatic rings. The normalized spacial score (nSPS) is 13.2. The van der Waals surface area contributed by atoms with Crippen molar-refractivity contribution in [1.82, 2.24) is 5.06 Å². The van der Waals surface area contributed by atoms with E-state index in [9.17, 15) is 19.1 Å². The predicted octanol–water partition coefficient (Wildman–Crippen LogP) is 1.45. The summed E-state index contributed by atoms with van der Waals surface area (Å²) < 4.78 is 13.6. The molecule has 4 N–H and O–H groups in total. The lowest BCUT2D eigenvalue weighted by atomic mass is 9.81. The average Bonchev–Trinajstić information content (AvgIpc) is 2.54. The minimum Gasteiger partial charge on any atom is -0.398 e. The van der Waals surface area contributed by atoms with Crippen molar-refractivity contribution in [3.63, 3.8) is 0 Å². The lowest BCUT2D eigenvalue weighted by Gasteiger charge is -2.30. The van der Waals surface area contributed by atoms with Crippen molar-refractivity contribution in [1.29, 1.82) is 0 Å². The molecule has 126 valence electrons. The van der Waals surface area contributed by atoms with Gasteiger partial charge in [-0.3, -0.25) is 14.8 Å². The van der Waals surface area contributed by atoms with Crippen molar-refractivity contribution in [3.05, 3.63) is 65.5 Å². The fourth-order valence-electron chi connectivity index (χ4n) is 2.46. The van der Waals surface area contributed by atoms with E-state index in [0.717, 1.165) is 13.1 Å². The van der Waals surface area contributed by atoms with Crippen LogP contribution in [0.2, 0.25) is 0 Å². The van der Waals surface area contributed by atoms with E-state index in [-0.39, 0.29) is 21.9 Å². The number of nitrogens with two attached hydrogens (primary N) is 1. The molecule has 24 heavy (non-hydrogen) atoms. The van der Waals surface area contributed by atoms with Gasteiger partial charge in [0.25, 0.3) is 0 Å². The van der Waals surface area contributed by atoms with Crippen molar-refractivity contribution in [2.45, 2.75) is 12.0 Å². The maximum absolute atomic E-state index is 13.6. The number of nitrogens with zero attached hydrogens (tertiary/aromatic N) is 1. The number of anilines is 1. The standard InChI is InChI=1S/C17H17FN2O4/c1-20(24)16(22)15(21)10-17(23,11-5-4-6-12(18)9-11)13-7-2-3-8-14(13)19/h2-9,23-24H,10,19H2,1H3. The van der Waals surface area contributed by atoms with Gasteiger partial charge in [-0.15, -0.1) is 0 Å². The van der Waals surface area contributed by atoms with Crippen LogP contribution in [0.4, 0.5) is 10.1 Å². The first-order valence-electron chi connectivity index (χ1n) is 7.09. The van der Waals surface area contributed by atoms with Gasteiger partial charge < -0.3 is 10.8 Å². The lowest BCUT2D eigenvalue weighted by Crippen LogP contribution is -2.38. The van der Waals surface area contributed by atoms with Crippen molar-refractivity contribution in [3.8, 4) is 0 Å². The topological polar surface area (TPSA) is 104 Å². The number of aliphatic hydroxyl groups is 1. The van der Waals surface area contributed by atoms with Crippen LogP contribution in [-0.2, 0) is 15.2 Å². The zero-order valence-electron chi connectivity index (χ0n) is 12.9. The van der Waals surface area contributed by atoms with E-state index in [1.807, 2.05) is 0 Å². The number of para-hydroxylation sites is 1. The molecule has 0 radical (unpaired) electrons. The fraction of sp³-hybridized carbons (Fsp3) is 0.176. The molecule has 0 saturated carbocycles. The predicted molar refractivity (Wildman–Crippen MR) is 84.4 cm³/mol. The molecule has 0 bridgehead atoms. The molecular weight excluding hydrogens is 315 g/mol. The van der Waals surface area contributed by atoms with Crippen LogP contribution >= 0.6 is 0 Å². The number of Topliss-reactive ketones (excluding diaryl/α,β-unsaturated/α-hetero) is 1. The molecule has 2 rings (SSSR count). The number of rotatable bonds is 5. The van der Waals surface area contributed by atoms with Gasteiger partial charge in [0.15, 0.2) is 0 Å². The first kappa shape index (κ1) is 17.6. The van der Waals surface area contributed by atoms with E-state index in [2.05, 4.69) is 0 Å². The summed E-state index contributed by atoms with van der Waals surface area (Å²) in [7, 11) is 0.998. The molecule has 0 aliphatic carbocycles. The monoisotopic (exact) mass is 332 g/mol. The fourth-order valence-corrected chi connectivity index (χ4v) is 2.46. The molecule has 0 spiro atoms. The highest BCUT2D eigenvalue weighted by Gasteiger charge is 2.38. The SMILES string of the molecule is CN(O)C(=O)C(=O)CC(O)(c1cccc(F)c1)c1ccccc1N. The van der Waals surface area contributed by atoms with Gasteiger partial charge in [0, 0.05) is 18.3 Å². The Kier molecular flexibility index (Phi) is 4.96. The van der Waals surface area contributed by atoms with Crippen molar-refractivity contribution in [2.24, 2.45) is 0 Å². The summed E-state index contributed by atoms with van der Waals surface area (Å²) in [4.78, 5) is 23.7. The number of ketones is 1. The van der Waals surface area contributed by atoms with E-state index < -0.39 is 29.5 Å². The molecule has 0 fully saturated rings. The zero-order valence-corrected chi connectivity index (χ0v) is 12.9. The van der Waals surface area contributed by atoms with Gasteiger partial charge in [0.05, 0.1) is 6.42 Å². The van der Waals surface area contributed by atoms with Crippen molar-refractivity contribution in [2.75, 3.05) is 12.8 Å². The largest absolute Gasteiger partial charge is 0.398 e. The summed E-state index contributed by atoms with van der Waals surface area (Å²) >= 11 is 0. The van der Waals surface area contributed by atoms with Crippen LogP contribution in [0, 0.1) is 5.82 Å². The van der Waals surface area contributed by atoms with Crippen LogP contribution in [0.3, 0.4) is 0 Å². The molecule has 1 amide bonds. The third kappa shape index (κ3) is 3.42. The van der Waals surface area contributed by atoms with Gasteiger partial charge in [-0.1, -0.05) is 30.3 Å². The van der Waals surface area contributed by atoms with Crippen LogP contribution in [0.25, 0.3) is 0 Å². The number of hydrogen-bond acceptors (Lipinski definition) is 5. The lowest BCUT2D eigenvalue weighted by molar-refractivity contribution is -0.166. The Balaban J connectivity index is 2.56. The third-order valence-electron chi connectivity index (χ3n) is 3.66. The van der Waals surface area contributed by atoms with E-state index >= 15 is 0 Å². The van der Waals surface area contributed by atoms with Crippen LogP contribution in [0.15, 0.2) is 48.5 Å². The molecule has 6 nitrogen and oxygen atoms in total. The second-order valence-electron chi connectivity index (χ2n) is 5.39. The number of carbonyl (C=O) groups is 2. The molecule has 1 atom stereocenters. The molecule has 7 heteroatoms. The van der Waals surface area contributed by atoms with Gasteiger partial charge in [-0.2, -0.15) is 0 Å². The Morgan fingerprint density at radius 3 is 2.46 bits per heavy atom. The molecule has 2 aromatic rings. The van der Waals surface area contributed by atoms with Crippen LogP contribution < -0.4 is 5.73 Å². The van der Waals surface area contributed by atoms with E-state index in [1.165, 1.54) is 30.3 Å². The summed E-state index contributed by atoms with van der Waals surface area (Å²) in [6.07, 6.45) is -0.700. The van der Waals surface area contributed by atoms with Crippen molar-refractivity contribution < 1.29 is 24.3 Å². The minimum absolute atomic E-state index is 0.0714. The number of hydrogen-bond donors (Lipinski definition) is 3. The Morgan fingerprint density at radius 1 is 1.21 bits per heavy atom. The quantitative estimate of drug-likeness (QED) is 0.333. The van der Waals surface area contributed by atoms with Gasteiger partial charge in [-0.05, 0) is 23.8 Å². The van der Waals surface area contributed by atoms with Crippen LogP contribution in [-0.4, -0.2) is 34.1 Å². The third-order valence-corrected chi connectivity index (χ3v) is 3.66. The molecule has 1 unspecified atom stereocenters. The molecule has 0 aliphatic heterocycles. The highest BCUT2D eigenvalue weighted by molar-refractivity contribution is 6.35. The maximum Gasteiger partial charge on any atom is 0.313 e. The number of halogens is 1. The average molecular weight is 332 g/mol. The van der Waals surface area contributed by atoms with Crippen molar-refractivity contribution >= 4 is 17.4 Å². The summed E-state index contributed by atoms with van der Waals surface area (Å²) in [5.41, 5.74) is 4.28. The maximum atomic E-state index is 13.6. The molecule has 0 saturated heterocycles. The first-order chi connectivity index (χ1) is 11.3. The van der Waals surface area contributed by atoms with Crippen LogP contribution in [0.5, 0.6) is 0 Å².